The number of hydrogen-bond donors (Lipinski definition) is 0. The van der Waals surface area contributed by atoms with Crippen molar-refractivity contribution in [3.05, 3.63) is 89.0 Å². The van der Waals surface area contributed by atoms with Crippen LogP contribution in [0.5, 0.6) is 5.75 Å². The molecule has 0 unspecified atom stereocenters. The Morgan fingerprint density at radius 3 is 1.88 bits per heavy atom. The fourth-order valence-electron chi connectivity index (χ4n) is 2.24. The molecular weight excluding hydrogens is 342 g/mol. The second-order valence-electron chi connectivity index (χ2n) is 5.18. The predicted molar refractivity (Wildman–Crippen MR) is 92.8 cm³/mol. The van der Waals surface area contributed by atoms with Crippen LogP contribution in [0.2, 0.25) is 0 Å². The lowest BCUT2D eigenvalue weighted by Crippen LogP contribution is -2.09. The molecule has 3 aromatic carbocycles. The summed E-state index contributed by atoms with van der Waals surface area (Å²) in [5, 5.41) is 10.6. The predicted octanol–water partition coefficient (Wildman–Crippen LogP) is 4.03. The zero-order chi connectivity index (χ0) is 17.9. The molecule has 7 heteroatoms. The minimum atomic E-state index is -4.06. The van der Waals surface area contributed by atoms with Crippen molar-refractivity contribution in [2.45, 2.75) is 4.90 Å². The van der Waals surface area contributed by atoms with Crippen LogP contribution in [-0.4, -0.2) is 13.3 Å². The highest BCUT2D eigenvalue weighted by Crippen LogP contribution is 2.25. The van der Waals surface area contributed by atoms with Gasteiger partial charge in [0.1, 0.15) is 10.6 Å². The van der Waals surface area contributed by atoms with Crippen molar-refractivity contribution in [3.63, 3.8) is 0 Å². The van der Waals surface area contributed by atoms with Gasteiger partial charge >= 0.3 is 10.1 Å². The number of rotatable bonds is 5. The van der Waals surface area contributed by atoms with E-state index in [4.69, 9.17) is 4.18 Å². The molecule has 0 aliphatic heterocycles. The van der Waals surface area contributed by atoms with E-state index in [9.17, 15) is 18.5 Å². The van der Waals surface area contributed by atoms with Gasteiger partial charge in [0.05, 0.1) is 4.92 Å². The lowest BCUT2D eigenvalue weighted by Gasteiger charge is -2.08. The van der Waals surface area contributed by atoms with E-state index in [0.717, 1.165) is 35.4 Å². The Morgan fingerprint density at radius 1 is 0.760 bits per heavy atom. The first-order valence-electron chi connectivity index (χ1n) is 7.30. The molecule has 0 atom stereocenters. The summed E-state index contributed by atoms with van der Waals surface area (Å²) < 4.78 is 29.6. The Bertz CT molecular complexity index is 982. The number of nitro benzene ring substituents is 1. The molecule has 0 aliphatic rings. The molecule has 0 N–H and O–H groups in total. The summed E-state index contributed by atoms with van der Waals surface area (Å²) in [6, 6.07) is 20.8. The first-order valence-corrected chi connectivity index (χ1v) is 8.71. The van der Waals surface area contributed by atoms with Crippen molar-refractivity contribution >= 4 is 15.8 Å². The van der Waals surface area contributed by atoms with Gasteiger partial charge < -0.3 is 4.18 Å². The van der Waals surface area contributed by atoms with Crippen LogP contribution < -0.4 is 4.18 Å². The molecule has 0 fully saturated rings. The number of benzene rings is 3. The van der Waals surface area contributed by atoms with E-state index in [0.29, 0.717) is 0 Å². The Hall–Kier alpha value is -3.19. The summed E-state index contributed by atoms with van der Waals surface area (Å²) in [5.41, 5.74) is 1.75. The molecule has 0 radical (unpaired) electrons. The van der Waals surface area contributed by atoms with Gasteiger partial charge in [0.15, 0.2) is 0 Å². The second-order valence-corrected chi connectivity index (χ2v) is 6.73. The molecule has 3 aromatic rings. The van der Waals surface area contributed by atoms with E-state index < -0.39 is 15.0 Å². The Morgan fingerprint density at radius 2 is 1.32 bits per heavy atom. The summed E-state index contributed by atoms with van der Waals surface area (Å²) in [5.74, 6) is 0.165. The first kappa shape index (κ1) is 16.7. The highest BCUT2D eigenvalue weighted by Gasteiger charge is 2.18. The van der Waals surface area contributed by atoms with Gasteiger partial charge in [0, 0.05) is 12.1 Å². The fraction of sp³-hybridized carbons (Fsp3) is 0. The summed E-state index contributed by atoms with van der Waals surface area (Å²) in [4.78, 5) is 9.88. The molecule has 25 heavy (non-hydrogen) atoms. The number of non-ortho nitro benzene ring substituents is 1. The summed E-state index contributed by atoms with van der Waals surface area (Å²) >= 11 is 0. The topological polar surface area (TPSA) is 86.5 Å². The van der Waals surface area contributed by atoms with Crippen LogP contribution in [0.4, 0.5) is 5.69 Å². The van der Waals surface area contributed by atoms with Crippen LogP contribution in [0.3, 0.4) is 0 Å². The van der Waals surface area contributed by atoms with Crippen molar-refractivity contribution in [2.75, 3.05) is 0 Å². The number of nitrogens with zero attached hydrogens (tertiary/aromatic N) is 1. The quantitative estimate of drug-likeness (QED) is 0.392. The third-order valence-electron chi connectivity index (χ3n) is 3.50. The molecule has 0 heterocycles. The molecule has 126 valence electrons. The molecule has 0 aromatic heterocycles. The van der Waals surface area contributed by atoms with Crippen molar-refractivity contribution in [1.82, 2.24) is 0 Å². The molecule has 0 amide bonds. The lowest BCUT2D eigenvalue weighted by molar-refractivity contribution is -0.384. The summed E-state index contributed by atoms with van der Waals surface area (Å²) in [6.45, 7) is 0. The summed E-state index contributed by atoms with van der Waals surface area (Å²) in [6.07, 6.45) is 0. The Kier molecular flexibility index (Phi) is 4.49. The third kappa shape index (κ3) is 3.84. The molecule has 0 spiro atoms. The third-order valence-corrected chi connectivity index (χ3v) is 4.76. The van der Waals surface area contributed by atoms with Gasteiger partial charge in [-0.05, 0) is 35.4 Å². The molecular formula is C18H13NO5S. The van der Waals surface area contributed by atoms with Gasteiger partial charge in [-0.1, -0.05) is 42.5 Å². The van der Waals surface area contributed by atoms with E-state index in [1.165, 1.54) is 0 Å². The fourth-order valence-corrected chi connectivity index (χ4v) is 3.17. The van der Waals surface area contributed by atoms with E-state index >= 15 is 0 Å². The minimum Gasteiger partial charge on any atom is -0.379 e. The van der Waals surface area contributed by atoms with Crippen molar-refractivity contribution in [2.24, 2.45) is 0 Å². The van der Waals surface area contributed by atoms with E-state index in [1.54, 1.807) is 24.3 Å². The largest absolute Gasteiger partial charge is 0.379 e. The van der Waals surface area contributed by atoms with Crippen LogP contribution in [0, 0.1) is 10.1 Å². The maximum atomic E-state index is 12.2. The average molecular weight is 355 g/mol. The van der Waals surface area contributed by atoms with Crippen LogP contribution in [0.15, 0.2) is 83.8 Å². The van der Waals surface area contributed by atoms with Crippen molar-refractivity contribution in [3.8, 4) is 16.9 Å². The number of nitro groups is 1. The monoisotopic (exact) mass is 355 g/mol. The second kappa shape index (κ2) is 6.74. The number of hydrogen-bond acceptors (Lipinski definition) is 5. The molecule has 3 rings (SSSR count). The smallest absolute Gasteiger partial charge is 0.339 e. The van der Waals surface area contributed by atoms with Crippen molar-refractivity contribution in [1.29, 1.82) is 0 Å². The van der Waals surface area contributed by atoms with Gasteiger partial charge in [-0.15, -0.1) is 0 Å². The van der Waals surface area contributed by atoms with Gasteiger partial charge in [-0.3, -0.25) is 10.1 Å². The van der Waals surface area contributed by atoms with Crippen LogP contribution >= 0.6 is 0 Å². The molecule has 0 saturated carbocycles. The summed E-state index contributed by atoms with van der Waals surface area (Å²) in [7, 11) is -4.06. The highest BCUT2D eigenvalue weighted by molar-refractivity contribution is 7.87. The Balaban J connectivity index is 1.80. The van der Waals surface area contributed by atoms with E-state index in [2.05, 4.69) is 0 Å². The van der Waals surface area contributed by atoms with Gasteiger partial charge in [-0.25, -0.2) is 0 Å². The van der Waals surface area contributed by atoms with E-state index in [1.807, 2.05) is 30.3 Å². The van der Waals surface area contributed by atoms with Gasteiger partial charge in [0.2, 0.25) is 0 Å². The zero-order valence-electron chi connectivity index (χ0n) is 12.9. The lowest BCUT2D eigenvalue weighted by atomic mass is 10.1. The average Bonchev–Trinajstić information content (AvgIpc) is 2.63. The Labute approximate surface area is 144 Å². The van der Waals surface area contributed by atoms with Crippen LogP contribution in [0.25, 0.3) is 11.1 Å². The van der Waals surface area contributed by atoms with Gasteiger partial charge in [-0.2, -0.15) is 8.42 Å². The zero-order valence-corrected chi connectivity index (χ0v) is 13.7. The van der Waals surface area contributed by atoms with Crippen molar-refractivity contribution < 1.29 is 17.5 Å². The minimum absolute atomic E-state index is 0.148. The van der Waals surface area contributed by atoms with Crippen LogP contribution in [-0.2, 0) is 10.1 Å². The molecule has 0 saturated heterocycles. The molecule has 6 nitrogen and oxygen atoms in total. The van der Waals surface area contributed by atoms with E-state index in [-0.39, 0.29) is 16.3 Å². The maximum Gasteiger partial charge on any atom is 0.339 e. The SMILES string of the molecule is O=[N+]([O-])c1ccc(S(=O)(=O)Oc2ccc(-c3ccccc3)cc2)cc1. The normalized spacial score (nSPS) is 11.0. The van der Waals surface area contributed by atoms with Gasteiger partial charge in [0.25, 0.3) is 5.69 Å². The molecule has 0 bridgehead atoms. The standard InChI is InChI=1S/C18H13NO5S/c20-19(21)16-8-12-18(13-9-16)25(22,23)24-17-10-6-15(7-11-17)14-4-2-1-3-5-14/h1-13H. The van der Waals surface area contributed by atoms with Crippen LogP contribution in [0.1, 0.15) is 0 Å². The first-order chi connectivity index (χ1) is 12.0. The highest BCUT2D eigenvalue weighted by atomic mass is 32.2. The molecule has 0 aliphatic carbocycles. The maximum absolute atomic E-state index is 12.2.